The van der Waals surface area contributed by atoms with Crippen molar-refractivity contribution in [3.8, 4) is 0 Å². The molecule has 1 aromatic carbocycles. The predicted molar refractivity (Wildman–Crippen MR) is 53.9 cm³/mol. The number of imide groups is 1. The van der Waals surface area contributed by atoms with Gasteiger partial charge >= 0.3 is 0 Å². The van der Waals surface area contributed by atoms with Gasteiger partial charge in [0.2, 0.25) is 12.8 Å². The number of hydrogen-bond acceptors (Lipinski definition) is 5. The highest BCUT2D eigenvalue weighted by Crippen LogP contribution is 2.09. The molecule has 0 radical (unpaired) electrons. The number of carbonyl (C=O) groups excluding carboxylic acids is 4. The van der Waals surface area contributed by atoms with Gasteiger partial charge in [0.15, 0.2) is 5.78 Å². The number of benzene rings is 1. The highest BCUT2D eigenvalue weighted by Gasteiger charge is 2.14. The molecule has 0 bridgehead atoms. The first-order chi connectivity index (χ1) is 8.10. The molecule has 0 atom stereocenters. The fraction of sp³-hybridized carbons (Fsp3) is 0.0909. The van der Waals surface area contributed by atoms with Crippen molar-refractivity contribution in [2.24, 2.45) is 0 Å². The van der Waals surface area contributed by atoms with E-state index in [4.69, 9.17) is 0 Å². The summed E-state index contributed by atoms with van der Waals surface area (Å²) in [5.41, 5.74) is -0.365. The normalized spacial score (nSPS) is 9.41. The number of hydrogen-bond donors (Lipinski definition) is 0. The average molecular weight is 234 g/mol. The highest BCUT2D eigenvalue weighted by atomic mass is 16.4. The summed E-state index contributed by atoms with van der Waals surface area (Å²) in [5.74, 6) is -2.14. The molecule has 0 fully saturated rings. The molecule has 0 aliphatic rings. The third kappa shape index (κ3) is 2.97. The summed E-state index contributed by atoms with van der Waals surface area (Å²) in [6.45, 7) is -0.503. The molecule has 2 amide bonds. The maximum Gasteiger partial charge on any atom is 0.216 e. The maximum atomic E-state index is 11.6. The van der Waals surface area contributed by atoms with Crippen molar-refractivity contribution in [1.82, 2.24) is 4.90 Å². The zero-order valence-electron chi connectivity index (χ0n) is 8.66. The van der Waals surface area contributed by atoms with E-state index in [1.165, 1.54) is 24.3 Å². The first kappa shape index (κ1) is 12.6. The van der Waals surface area contributed by atoms with Crippen LogP contribution in [0, 0.1) is 0 Å². The van der Waals surface area contributed by atoms with Crippen LogP contribution in [0.25, 0.3) is 0 Å². The van der Waals surface area contributed by atoms with Gasteiger partial charge in [-0.1, -0.05) is 24.3 Å². The lowest BCUT2D eigenvalue weighted by Gasteiger charge is -2.11. The van der Waals surface area contributed by atoms with Gasteiger partial charge in [-0.05, 0) is 0 Å². The molecule has 0 N–H and O–H groups in total. The van der Waals surface area contributed by atoms with Crippen LogP contribution in [0.5, 0.6) is 0 Å². The lowest BCUT2D eigenvalue weighted by Crippen LogP contribution is -2.30. The van der Waals surface area contributed by atoms with Crippen LogP contribution in [-0.2, 0) is 9.59 Å². The van der Waals surface area contributed by atoms with Crippen molar-refractivity contribution in [2.75, 3.05) is 6.54 Å². The standard InChI is InChI=1S/C11H9NO5/c13-6-12(7-14)5-10(15)8-3-1-2-4-9(8)11(16)17/h1-4,6-7H,5H2,(H,16,17)/p-1. The minimum Gasteiger partial charge on any atom is -0.545 e. The average Bonchev–Trinajstić information content (AvgIpc) is 2.35. The van der Waals surface area contributed by atoms with Gasteiger partial charge in [0.25, 0.3) is 0 Å². The zero-order valence-corrected chi connectivity index (χ0v) is 8.66. The second-order valence-corrected chi connectivity index (χ2v) is 3.14. The van der Waals surface area contributed by atoms with Gasteiger partial charge in [-0.2, -0.15) is 0 Å². The molecular weight excluding hydrogens is 226 g/mol. The number of nitrogens with zero attached hydrogens (tertiary/aromatic N) is 1. The van der Waals surface area contributed by atoms with Gasteiger partial charge in [0.05, 0.1) is 12.5 Å². The predicted octanol–water partition coefficient (Wildman–Crippen LogP) is -1.15. The fourth-order valence-corrected chi connectivity index (χ4v) is 1.25. The monoisotopic (exact) mass is 234 g/mol. The molecular formula is C11H8NO5-. The van der Waals surface area contributed by atoms with Crippen molar-refractivity contribution in [2.45, 2.75) is 0 Å². The largest absolute Gasteiger partial charge is 0.545 e. The summed E-state index contributed by atoms with van der Waals surface area (Å²) in [4.78, 5) is 43.6. The Balaban J connectivity index is 3.00. The Labute approximate surface area is 96.5 Å². The van der Waals surface area contributed by atoms with Crippen LogP contribution in [0.1, 0.15) is 20.7 Å². The molecule has 88 valence electrons. The molecule has 17 heavy (non-hydrogen) atoms. The Morgan fingerprint density at radius 1 is 1.12 bits per heavy atom. The number of Topliss-reactive ketones (excluding diaryl/α,β-unsaturated/α-hetero) is 1. The molecule has 0 aromatic heterocycles. The van der Waals surface area contributed by atoms with Crippen LogP contribution in [0.4, 0.5) is 0 Å². The van der Waals surface area contributed by atoms with Crippen molar-refractivity contribution in [3.05, 3.63) is 35.4 Å². The molecule has 0 heterocycles. The third-order valence-corrected chi connectivity index (χ3v) is 2.04. The number of ketones is 1. The lowest BCUT2D eigenvalue weighted by atomic mass is 10.0. The molecule has 1 aromatic rings. The molecule has 6 heteroatoms. The van der Waals surface area contributed by atoms with Gasteiger partial charge in [-0.15, -0.1) is 0 Å². The van der Waals surface area contributed by atoms with E-state index >= 15 is 0 Å². The Morgan fingerprint density at radius 3 is 2.12 bits per heavy atom. The van der Waals surface area contributed by atoms with Gasteiger partial charge < -0.3 is 9.90 Å². The SMILES string of the molecule is O=CN(C=O)CC(=O)c1ccccc1C(=O)[O-]. The van der Waals surface area contributed by atoms with Crippen molar-refractivity contribution in [1.29, 1.82) is 0 Å². The lowest BCUT2D eigenvalue weighted by molar-refractivity contribution is -0.255. The summed E-state index contributed by atoms with van der Waals surface area (Å²) in [6, 6.07) is 5.43. The van der Waals surface area contributed by atoms with E-state index in [0.717, 1.165) is 0 Å². The number of carbonyl (C=O) groups is 4. The van der Waals surface area contributed by atoms with Gasteiger partial charge in [-0.25, -0.2) is 0 Å². The van der Waals surface area contributed by atoms with E-state index < -0.39 is 18.3 Å². The number of carboxylic acid groups (broad SMARTS) is 1. The molecule has 0 aliphatic carbocycles. The second kappa shape index (κ2) is 5.55. The summed E-state index contributed by atoms with van der Waals surface area (Å²) in [7, 11) is 0. The second-order valence-electron chi connectivity index (χ2n) is 3.14. The van der Waals surface area contributed by atoms with E-state index in [1.54, 1.807) is 0 Å². The quantitative estimate of drug-likeness (QED) is 0.457. The topological polar surface area (TPSA) is 94.6 Å². The summed E-state index contributed by atoms with van der Waals surface area (Å²) in [6.07, 6.45) is 0.374. The van der Waals surface area contributed by atoms with Gasteiger partial charge in [-0.3, -0.25) is 19.3 Å². The first-order valence-corrected chi connectivity index (χ1v) is 4.60. The van der Waals surface area contributed by atoms with Crippen LogP contribution >= 0.6 is 0 Å². The van der Waals surface area contributed by atoms with Crippen LogP contribution < -0.4 is 5.11 Å². The van der Waals surface area contributed by atoms with E-state index in [2.05, 4.69) is 0 Å². The van der Waals surface area contributed by atoms with Gasteiger partial charge in [0.1, 0.15) is 0 Å². The first-order valence-electron chi connectivity index (χ1n) is 4.60. The third-order valence-electron chi connectivity index (χ3n) is 2.04. The van der Waals surface area contributed by atoms with E-state index in [-0.39, 0.29) is 23.9 Å². The Kier molecular flexibility index (Phi) is 4.10. The summed E-state index contributed by atoms with van der Waals surface area (Å²) >= 11 is 0. The molecule has 1 rings (SSSR count). The minimum absolute atomic E-state index is 0.0961. The number of rotatable bonds is 6. The summed E-state index contributed by atoms with van der Waals surface area (Å²) < 4.78 is 0. The van der Waals surface area contributed by atoms with E-state index in [1.807, 2.05) is 0 Å². The molecule has 0 saturated heterocycles. The van der Waals surface area contributed by atoms with Crippen LogP contribution in [-0.4, -0.2) is 36.0 Å². The Hall–Kier alpha value is -2.50. The van der Waals surface area contributed by atoms with E-state index in [0.29, 0.717) is 4.90 Å². The van der Waals surface area contributed by atoms with Crippen LogP contribution in [0.15, 0.2) is 24.3 Å². The Morgan fingerprint density at radius 2 is 1.65 bits per heavy atom. The van der Waals surface area contributed by atoms with Crippen molar-refractivity contribution < 1.29 is 24.3 Å². The molecule has 0 saturated carbocycles. The number of carboxylic acids is 1. The minimum atomic E-state index is -1.49. The number of aromatic carboxylic acids is 1. The summed E-state index contributed by atoms with van der Waals surface area (Å²) in [5, 5.41) is 10.7. The van der Waals surface area contributed by atoms with Crippen molar-refractivity contribution in [3.63, 3.8) is 0 Å². The molecule has 0 aliphatic heterocycles. The molecule has 6 nitrogen and oxygen atoms in total. The highest BCUT2D eigenvalue weighted by molar-refractivity contribution is 6.07. The van der Waals surface area contributed by atoms with Crippen LogP contribution in [0.3, 0.4) is 0 Å². The van der Waals surface area contributed by atoms with Crippen molar-refractivity contribution >= 4 is 24.6 Å². The fourth-order valence-electron chi connectivity index (χ4n) is 1.25. The number of amides is 2. The van der Waals surface area contributed by atoms with Gasteiger partial charge in [0, 0.05) is 11.1 Å². The smallest absolute Gasteiger partial charge is 0.216 e. The molecule has 0 unspecified atom stereocenters. The molecule has 0 spiro atoms. The zero-order chi connectivity index (χ0) is 12.8. The van der Waals surface area contributed by atoms with E-state index in [9.17, 15) is 24.3 Å². The maximum absolute atomic E-state index is 11.6. The Bertz CT molecular complexity index is 461. The van der Waals surface area contributed by atoms with Crippen LogP contribution in [0.2, 0.25) is 0 Å².